The van der Waals surface area contributed by atoms with Crippen LogP contribution in [0, 0.1) is 5.82 Å². The van der Waals surface area contributed by atoms with Gasteiger partial charge in [-0.2, -0.15) is 0 Å². The highest BCUT2D eigenvalue weighted by Crippen LogP contribution is 2.57. The number of benzene rings is 2. The lowest BCUT2D eigenvalue weighted by Gasteiger charge is -2.18. The van der Waals surface area contributed by atoms with Crippen molar-refractivity contribution in [2.45, 2.75) is 18.3 Å². The van der Waals surface area contributed by atoms with Crippen molar-refractivity contribution in [1.82, 2.24) is 9.97 Å². The van der Waals surface area contributed by atoms with Crippen molar-refractivity contribution in [1.29, 1.82) is 0 Å². The van der Waals surface area contributed by atoms with Gasteiger partial charge in [-0.1, -0.05) is 24.3 Å². The maximum Gasteiger partial charge on any atom is 0.248 e. The molecular weight excluding hydrogens is 343 g/mol. The molecule has 0 unspecified atom stereocenters. The fraction of sp³-hybridized carbons (Fsp3) is 0.190. The number of nitrogens with zero attached hydrogens (tertiary/aromatic N) is 3. The van der Waals surface area contributed by atoms with Crippen LogP contribution in [-0.2, 0) is 5.41 Å². The summed E-state index contributed by atoms with van der Waals surface area (Å²) >= 11 is 0. The molecule has 0 saturated heterocycles. The summed E-state index contributed by atoms with van der Waals surface area (Å²) in [6.45, 7) is 0.781. The standard InChI is InChI=1S/C21H17FN4O/c22-17-4-2-1-3-15(17)14-10-24-20(25-11-14)26-12-21(7-8-21)16-6-5-13(19(23)27)9-18(16)26/h1-6,9-11H,7-8,12H2,(H2,23,27). The van der Waals surface area contributed by atoms with E-state index in [1.54, 1.807) is 36.7 Å². The van der Waals surface area contributed by atoms with E-state index in [4.69, 9.17) is 5.73 Å². The van der Waals surface area contributed by atoms with Gasteiger partial charge in [-0.05, 0) is 36.6 Å². The van der Waals surface area contributed by atoms with Crippen LogP contribution in [0.25, 0.3) is 11.1 Å². The highest BCUT2D eigenvalue weighted by Gasteiger charge is 2.52. The number of hydrogen-bond donors (Lipinski definition) is 1. The van der Waals surface area contributed by atoms with E-state index in [-0.39, 0.29) is 11.2 Å². The third-order valence-corrected chi connectivity index (χ3v) is 5.52. The molecule has 5 rings (SSSR count). The number of fused-ring (bicyclic) bond motifs is 2. The van der Waals surface area contributed by atoms with Crippen molar-refractivity contribution in [3.05, 3.63) is 71.8 Å². The van der Waals surface area contributed by atoms with E-state index in [1.807, 2.05) is 17.0 Å². The summed E-state index contributed by atoms with van der Waals surface area (Å²) in [5.41, 5.74) is 9.30. The topological polar surface area (TPSA) is 72.1 Å². The molecule has 2 heterocycles. The lowest BCUT2D eigenvalue weighted by Crippen LogP contribution is -2.21. The predicted octanol–water partition coefficient (Wildman–Crippen LogP) is 3.56. The Labute approximate surface area is 155 Å². The molecule has 1 aliphatic heterocycles. The Bertz CT molecular complexity index is 1060. The smallest absolute Gasteiger partial charge is 0.248 e. The van der Waals surface area contributed by atoms with Gasteiger partial charge in [0.1, 0.15) is 5.82 Å². The summed E-state index contributed by atoms with van der Waals surface area (Å²) < 4.78 is 14.0. The van der Waals surface area contributed by atoms with Crippen LogP contribution < -0.4 is 10.6 Å². The number of hydrogen-bond acceptors (Lipinski definition) is 4. The van der Waals surface area contributed by atoms with E-state index in [0.29, 0.717) is 22.6 Å². The largest absolute Gasteiger partial charge is 0.366 e. The van der Waals surface area contributed by atoms with E-state index < -0.39 is 5.91 Å². The first-order chi connectivity index (χ1) is 13.1. The number of anilines is 2. The van der Waals surface area contributed by atoms with Crippen LogP contribution in [0.4, 0.5) is 16.0 Å². The highest BCUT2D eigenvalue weighted by molar-refractivity contribution is 5.94. The Balaban J connectivity index is 1.54. The first-order valence-corrected chi connectivity index (χ1v) is 8.86. The first kappa shape index (κ1) is 15.9. The molecule has 1 aliphatic carbocycles. The SMILES string of the molecule is NC(=O)c1ccc2c(c1)N(c1ncc(-c3ccccc3F)cn1)CC21CC1. The average Bonchev–Trinajstić information content (AvgIpc) is 3.39. The van der Waals surface area contributed by atoms with Crippen LogP contribution in [-0.4, -0.2) is 22.4 Å². The zero-order valence-corrected chi connectivity index (χ0v) is 14.5. The van der Waals surface area contributed by atoms with E-state index in [0.717, 1.165) is 25.1 Å². The summed E-state index contributed by atoms with van der Waals surface area (Å²) in [4.78, 5) is 22.6. The summed E-state index contributed by atoms with van der Waals surface area (Å²) in [7, 11) is 0. The highest BCUT2D eigenvalue weighted by atomic mass is 19.1. The normalized spacial score (nSPS) is 16.4. The molecule has 1 aromatic heterocycles. The molecule has 1 spiro atoms. The van der Waals surface area contributed by atoms with E-state index >= 15 is 0 Å². The van der Waals surface area contributed by atoms with Crippen LogP contribution >= 0.6 is 0 Å². The molecule has 27 heavy (non-hydrogen) atoms. The second kappa shape index (κ2) is 5.61. The molecule has 1 saturated carbocycles. The molecule has 5 nitrogen and oxygen atoms in total. The Kier molecular flexibility index (Phi) is 3.31. The second-order valence-corrected chi connectivity index (χ2v) is 7.21. The molecule has 0 radical (unpaired) electrons. The molecule has 2 N–H and O–H groups in total. The summed E-state index contributed by atoms with van der Waals surface area (Å²) in [5.74, 6) is -0.213. The predicted molar refractivity (Wildman–Crippen MR) is 100 cm³/mol. The molecule has 2 aromatic carbocycles. The molecule has 1 fully saturated rings. The molecule has 0 atom stereocenters. The fourth-order valence-electron chi connectivity index (χ4n) is 3.88. The van der Waals surface area contributed by atoms with Crippen LogP contribution in [0.1, 0.15) is 28.8 Å². The maximum atomic E-state index is 14.0. The van der Waals surface area contributed by atoms with Gasteiger partial charge >= 0.3 is 0 Å². The zero-order chi connectivity index (χ0) is 18.6. The van der Waals surface area contributed by atoms with E-state index in [1.165, 1.54) is 11.6 Å². The van der Waals surface area contributed by atoms with Crippen LogP contribution in [0.5, 0.6) is 0 Å². The van der Waals surface area contributed by atoms with Crippen molar-refractivity contribution in [2.24, 2.45) is 5.73 Å². The quantitative estimate of drug-likeness (QED) is 0.775. The summed E-state index contributed by atoms with van der Waals surface area (Å²) in [5, 5.41) is 0. The lowest BCUT2D eigenvalue weighted by atomic mass is 9.97. The van der Waals surface area contributed by atoms with Gasteiger partial charge in [-0.3, -0.25) is 4.79 Å². The van der Waals surface area contributed by atoms with Crippen molar-refractivity contribution in [2.75, 3.05) is 11.4 Å². The van der Waals surface area contributed by atoms with Gasteiger partial charge in [0.05, 0.1) is 0 Å². The van der Waals surface area contributed by atoms with Gasteiger partial charge in [-0.25, -0.2) is 14.4 Å². The monoisotopic (exact) mass is 360 g/mol. The minimum Gasteiger partial charge on any atom is -0.366 e. The van der Waals surface area contributed by atoms with Gasteiger partial charge in [-0.15, -0.1) is 0 Å². The number of halogens is 1. The first-order valence-electron chi connectivity index (χ1n) is 8.86. The van der Waals surface area contributed by atoms with Gasteiger partial charge in [0, 0.05) is 46.7 Å². The molecule has 134 valence electrons. The van der Waals surface area contributed by atoms with Crippen molar-refractivity contribution in [3.63, 3.8) is 0 Å². The van der Waals surface area contributed by atoms with Crippen LogP contribution in [0.2, 0.25) is 0 Å². The number of carbonyl (C=O) groups is 1. The second-order valence-electron chi connectivity index (χ2n) is 7.21. The summed E-state index contributed by atoms with van der Waals surface area (Å²) in [6, 6.07) is 12.2. The number of rotatable bonds is 3. The van der Waals surface area contributed by atoms with Gasteiger partial charge in [0.25, 0.3) is 0 Å². The Morgan fingerprint density at radius 2 is 1.85 bits per heavy atom. The molecule has 0 bridgehead atoms. The van der Waals surface area contributed by atoms with Crippen LogP contribution in [0.15, 0.2) is 54.9 Å². The van der Waals surface area contributed by atoms with Crippen molar-refractivity contribution < 1.29 is 9.18 Å². The van der Waals surface area contributed by atoms with Gasteiger partial charge in [0.2, 0.25) is 11.9 Å². The minimum atomic E-state index is -0.453. The molecule has 1 amide bonds. The zero-order valence-electron chi connectivity index (χ0n) is 14.5. The summed E-state index contributed by atoms with van der Waals surface area (Å²) in [6.07, 6.45) is 5.49. The van der Waals surface area contributed by atoms with Crippen molar-refractivity contribution >= 4 is 17.5 Å². The fourth-order valence-corrected chi connectivity index (χ4v) is 3.88. The molecular formula is C21H17FN4O. The third kappa shape index (κ3) is 2.48. The van der Waals surface area contributed by atoms with Crippen LogP contribution in [0.3, 0.4) is 0 Å². The Hall–Kier alpha value is -3.28. The lowest BCUT2D eigenvalue weighted by molar-refractivity contribution is 0.100. The number of nitrogens with two attached hydrogens (primary N) is 1. The number of primary amides is 1. The molecule has 3 aromatic rings. The molecule has 2 aliphatic rings. The van der Waals surface area contributed by atoms with Gasteiger partial charge < -0.3 is 10.6 Å². The number of amides is 1. The Morgan fingerprint density at radius 1 is 1.11 bits per heavy atom. The average molecular weight is 360 g/mol. The van der Waals surface area contributed by atoms with Gasteiger partial charge in [0.15, 0.2) is 0 Å². The Morgan fingerprint density at radius 3 is 2.52 bits per heavy atom. The van der Waals surface area contributed by atoms with E-state index in [2.05, 4.69) is 9.97 Å². The maximum absolute atomic E-state index is 14.0. The third-order valence-electron chi connectivity index (χ3n) is 5.52. The van der Waals surface area contributed by atoms with E-state index in [9.17, 15) is 9.18 Å². The molecule has 6 heteroatoms. The number of aromatic nitrogens is 2. The van der Waals surface area contributed by atoms with Crippen molar-refractivity contribution in [3.8, 4) is 11.1 Å². The number of carbonyl (C=O) groups excluding carboxylic acids is 1. The minimum absolute atomic E-state index is 0.124.